The zero-order chi connectivity index (χ0) is 12.3. The van der Waals surface area contributed by atoms with E-state index in [1.807, 2.05) is 30.3 Å². The predicted molar refractivity (Wildman–Crippen MR) is 74.9 cm³/mol. The first kappa shape index (κ1) is 12.7. The maximum Gasteiger partial charge on any atom is 0.157 e. The molecule has 0 unspecified atom stereocenters. The molecule has 0 bridgehead atoms. The molecule has 0 N–H and O–H groups in total. The van der Waals surface area contributed by atoms with E-state index in [-0.39, 0.29) is 0 Å². The van der Waals surface area contributed by atoms with E-state index in [1.54, 1.807) is 12.1 Å². The van der Waals surface area contributed by atoms with Crippen molar-refractivity contribution in [2.75, 3.05) is 0 Å². The minimum Gasteiger partial charge on any atom is -0.486 e. The van der Waals surface area contributed by atoms with Crippen molar-refractivity contribution in [3.05, 3.63) is 62.5 Å². The molecule has 0 fully saturated rings. The van der Waals surface area contributed by atoms with Gasteiger partial charge in [-0.2, -0.15) is 0 Å². The summed E-state index contributed by atoms with van der Waals surface area (Å²) in [7, 11) is 0. The van der Waals surface area contributed by atoms with Gasteiger partial charge in [-0.3, -0.25) is 0 Å². The van der Waals surface area contributed by atoms with Crippen LogP contribution in [0.4, 0.5) is 0 Å². The Balaban J connectivity index is 2.15. The van der Waals surface area contributed by atoms with Gasteiger partial charge < -0.3 is 4.74 Å². The molecule has 2 aromatic carbocycles. The monoisotopic (exact) mass is 330 g/mol. The van der Waals surface area contributed by atoms with E-state index in [4.69, 9.17) is 27.9 Å². The van der Waals surface area contributed by atoms with Gasteiger partial charge >= 0.3 is 0 Å². The van der Waals surface area contributed by atoms with Gasteiger partial charge in [-0.1, -0.05) is 69.5 Å². The van der Waals surface area contributed by atoms with Crippen LogP contribution < -0.4 is 4.74 Å². The summed E-state index contributed by atoms with van der Waals surface area (Å²) in [5.41, 5.74) is 1.07. The lowest BCUT2D eigenvalue weighted by Gasteiger charge is -2.10. The van der Waals surface area contributed by atoms with E-state index < -0.39 is 0 Å². The molecular weight excluding hydrogens is 323 g/mol. The van der Waals surface area contributed by atoms with Gasteiger partial charge in [0.05, 0.1) is 10.0 Å². The summed E-state index contributed by atoms with van der Waals surface area (Å²) in [6, 6.07) is 13.4. The summed E-state index contributed by atoms with van der Waals surface area (Å²) in [6.07, 6.45) is 0. The molecule has 0 saturated heterocycles. The van der Waals surface area contributed by atoms with Crippen molar-refractivity contribution in [2.24, 2.45) is 0 Å². The molecule has 0 aliphatic carbocycles. The molecule has 2 aromatic rings. The summed E-state index contributed by atoms with van der Waals surface area (Å²) in [5, 5.41) is 1.00. The van der Waals surface area contributed by atoms with Crippen molar-refractivity contribution in [2.45, 2.75) is 6.61 Å². The summed E-state index contributed by atoms with van der Waals surface area (Å²) < 4.78 is 6.46. The van der Waals surface area contributed by atoms with E-state index in [9.17, 15) is 0 Å². The summed E-state index contributed by atoms with van der Waals surface area (Å²) in [6.45, 7) is 0.446. The van der Waals surface area contributed by atoms with Crippen LogP contribution in [0.15, 0.2) is 46.9 Å². The highest BCUT2D eigenvalue weighted by Gasteiger charge is 2.08. The topological polar surface area (TPSA) is 9.23 Å². The van der Waals surface area contributed by atoms with Gasteiger partial charge in [0.1, 0.15) is 6.61 Å². The average molecular weight is 332 g/mol. The third-order valence-electron chi connectivity index (χ3n) is 2.19. The van der Waals surface area contributed by atoms with E-state index in [2.05, 4.69) is 15.9 Å². The number of ether oxygens (including phenoxy) is 1. The summed E-state index contributed by atoms with van der Waals surface area (Å²) >= 11 is 15.4. The first-order valence-electron chi connectivity index (χ1n) is 4.98. The molecule has 0 saturated carbocycles. The molecule has 17 heavy (non-hydrogen) atoms. The molecule has 0 spiro atoms. The fourth-order valence-corrected chi connectivity index (χ4v) is 2.71. The zero-order valence-corrected chi connectivity index (χ0v) is 11.9. The minimum atomic E-state index is 0.446. The molecule has 0 aromatic heterocycles. The van der Waals surface area contributed by atoms with E-state index in [0.29, 0.717) is 22.4 Å². The third-order valence-corrected chi connectivity index (χ3v) is 3.21. The first-order valence-corrected chi connectivity index (χ1v) is 6.53. The SMILES string of the molecule is Clc1cc(Br)cc(Cl)c1OCc1ccccc1. The van der Waals surface area contributed by atoms with Gasteiger partial charge in [0.2, 0.25) is 0 Å². The molecule has 4 heteroatoms. The van der Waals surface area contributed by atoms with Crippen molar-refractivity contribution < 1.29 is 4.74 Å². The van der Waals surface area contributed by atoms with Crippen LogP contribution in [0.3, 0.4) is 0 Å². The van der Waals surface area contributed by atoms with Crippen LogP contribution in [0.25, 0.3) is 0 Å². The van der Waals surface area contributed by atoms with E-state index >= 15 is 0 Å². The van der Waals surface area contributed by atoms with Crippen molar-refractivity contribution in [3.63, 3.8) is 0 Å². The lowest BCUT2D eigenvalue weighted by molar-refractivity contribution is 0.306. The van der Waals surface area contributed by atoms with Crippen LogP contribution in [-0.2, 0) is 6.61 Å². The second-order valence-electron chi connectivity index (χ2n) is 3.47. The standard InChI is InChI=1S/C13H9BrCl2O/c14-10-6-11(15)13(12(16)7-10)17-8-9-4-2-1-3-5-9/h1-7H,8H2. The van der Waals surface area contributed by atoms with Crippen molar-refractivity contribution in [1.82, 2.24) is 0 Å². The van der Waals surface area contributed by atoms with Crippen LogP contribution in [0.5, 0.6) is 5.75 Å². The van der Waals surface area contributed by atoms with Gasteiger partial charge in [0.25, 0.3) is 0 Å². The Morgan fingerprint density at radius 3 is 2.18 bits per heavy atom. The lowest BCUT2D eigenvalue weighted by atomic mass is 10.2. The zero-order valence-electron chi connectivity index (χ0n) is 8.79. The van der Waals surface area contributed by atoms with Gasteiger partial charge in [-0.05, 0) is 17.7 Å². The second kappa shape index (κ2) is 5.76. The van der Waals surface area contributed by atoms with Crippen LogP contribution in [0.1, 0.15) is 5.56 Å². The highest BCUT2D eigenvalue weighted by molar-refractivity contribution is 9.10. The Kier molecular flexibility index (Phi) is 4.32. The Hall–Kier alpha value is -0.700. The van der Waals surface area contributed by atoms with E-state index in [1.165, 1.54) is 0 Å². The van der Waals surface area contributed by atoms with Crippen LogP contribution in [-0.4, -0.2) is 0 Å². The molecule has 0 aliphatic heterocycles. The smallest absolute Gasteiger partial charge is 0.157 e. The molecule has 0 amide bonds. The van der Waals surface area contributed by atoms with Gasteiger partial charge in [-0.15, -0.1) is 0 Å². The molecule has 0 heterocycles. The predicted octanol–water partition coefficient (Wildman–Crippen LogP) is 5.33. The van der Waals surface area contributed by atoms with Crippen LogP contribution >= 0.6 is 39.1 Å². The average Bonchev–Trinajstić information content (AvgIpc) is 2.29. The maximum absolute atomic E-state index is 6.06. The number of halogens is 3. The number of hydrogen-bond donors (Lipinski definition) is 0. The van der Waals surface area contributed by atoms with Crippen molar-refractivity contribution in [3.8, 4) is 5.75 Å². The molecule has 0 aliphatic rings. The van der Waals surface area contributed by atoms with Gasteiger partial charge in [0.15, 0.2) is 5.75 Å². The van der Waals surface area contributed by atoms with E-state index in [0.717, 1.165) is 10.0 Å². The lowest BCUT2D eigenvalue weighted by Crippen LogP contribution is -1.96. The Labute approximate surface area is 118 Å². The van der Waals surface area contributed by atoms with Gasteiger partial charge in [0, 0.05) is 4.47 Å². The highest BCUT2D eigenvalue weighted by Crippen LogP contribution is 2.36. The molecule has 88 valence electrons. The quantitative estimate of drug-likeness (QED) is 0.738. The number of rotatable bonds is 3. The second-order valence-corrected chi connectivity index (χ2v) is 5.20. The van der Waals surface area contributed by atoms with Crippen LogP contribution in [0, 0.1) is 0 Å². The van der Waals surface area contributed by atoms with Crippen molar-refractivity contribution >= 4 is 39.1 Å². The van der Waals surface area contributed by atoms with Crippen molar-refractivity contribution in [1.29, 1.82) is 0 Å². The summed E-state index contributed by atoms with van der Waals surface area (Å²) in [4.78, 5) is 0. The van der Waals surface area contributed by atoms with Crippen LogP contribution in [0.2, 0.25) is 10.0 Å². The minimum absolute atomic E-state index is 0.446. The number of hydrogen-bond acceptors (Lipinski definition) is 1. The molecule has 1 nitrogen and oxygen atoms in total. The molecule has 0 atom stereocenters. The largest absolute Gasteiger partial charge is 0.486 e. The normalized spacial score (nSPS) is 10.3. The Morgan fingerprint density at radius 1 is 1.00 bits per heavy atom. The first-order chi connectivity index (χ1) is 8.16. The third kappa shape index (κ3) is 3.38. The maximum atomic E-state index is 6.06. The molecule has 0 radical (unpaired) electrons. The van der Waals surface area contributed by atoms with Gasteiger partial charge in [-0.25, -0.2) is 0 Å². The summed E-state index contributed by atoms with van der Waals surface area (Å²) in [5.74, 6) is 0.514. The Morgan fingerprint density at radius 2 is 1.59 bits per heavy atom. The number of benzene rings is 2. The molecule has 2 rings (SSSR count). The Bertz CT molecular complexity index is 491. The molecular formula is C13H9BrCl2O. The highest BCUT2D eigenvalue weighted by atomic mass is 79.9. The fraction of sp³-hybridized carbons (Fsp3) is 0.0769. The fourth-order valence-electron chi connectivity index (χ4n) is 1.40.